The number of hydrogen-bond acceptors (Lipinski definition) is 30. The van der Waals surface area contributed by atoms with Crippen molar-refractivity contribution in [2.75, 3.05) is 39.6 Å². The third-order valence-electron chi connectivity index (χ3n) is 18.0. The Hall–Kier alpha value is -3.48. The Labute approximate surface area is 564 Å². The lowest BCUT2D eigenvalue weighted by molar-refractivity contribution is -0.400. The van der Waals surface area contributed by atoms with Gasteiger partial charge in [0.2, 0.25) is 23.5 Å². The summed E-state index contributed by atoms with van der Waals surface area (Å²) in [4.78, 5) is 52.3. The molecule has 0 spiro atoms. The lowest BCUT2D eigenvalue weighted by Gasteiger charge is -2.52. The maximum atomic E-state index is 13.6. The van der Waals surface area contributed by atoms with Gasteiger partial charge in [0, 0.05) is 26.7 Å². The van der Waals surface area contributed by atoms with E-state index in [1.54, 1.807) is 12.2 Å². The summed E-state index contributed by atoms with van der Waals surface area (Å²) >= 11 is 0. The van der Waals surface area contributed by atoms with Gasteiger partial charge in [-0.1, -0.05) is 128 Å². The summed E-state index contributed by atoms with van der Waals surface area (Å²) in [6.45, 7) is 0.267. The molecule has 562 valence electrons. The van der Waals surface area contributed by atoms with Gasteiger partial charge in [0.15, 0.2) is 31.4 Å². The smallest absolute Gasteiger partial charge is 0.229 e. The van der Waals surface area contributed by atoms with Gasteiger partial charge in [-0.05, 0) is 12.8 Å². The van der Waals surface area contributed by atoms with Gasteiger partial charge in [0.25, 0.3) is 0 Å². The van der Waals surface area contributed by atoms with Crippen LogP contribution in [0.1, 0.15) is 143 Å². The van der Waals surface area contributed by atoms with Crippen molar-refractivity contribution in [3.63, 3.8) is 0 Å². The Bertz CT molecular complexity index is 2330. The zero-order valence-electron chi connectivity index (χ0n) is 55.8. The van der Waals surface area contributed by atoms with Crippen LogP contribution in [0.25, 0.3) is 0 Å². The number of carbonyl (C=O) groups excluding carboxylic acids is 4. The predicted molar refractivity (Wildman–Crippen MR) is 335 cm³/mol. The first-order chi connectivity index (χ1) is 46.4. The molecule has 5 fully saturated rings. The molecule has 3 amide bonds. The normalized spacial score (nSPS) is 37.0. The van der Waals surface area contributed by atoms with Crippen molar-refractivity contribution in [3.05, 3.63) is 24.3 Å². The van der Waals surface area contributed by atoms with Gasteiger partial charge < -0.3 is 145 Å². The van der Waals surface area contributed by atoms with Gasteiger partial charge in [0.05, 0.1) is 63.9 Å². The number of aliphatic hydroxyl groups is 16. The molecule has 0 aliphatic carbocycles. The van der Waals surface area contributed by atoms with Crippen molar-refractivity contribution in [1.82, 2.24) is 16.0 Å². The molecule has 33 nitrogen and oxygen atoms in total. The second-order valence-electron chi connectivity index (χ2n) is 25.6. The summed E-state index contributed by atoms with van der Waals surface area (Å²) in [7, 11) is 0. The third-order valence-corrected chi connectivity index (χ3v) is 18.0. The zero-order chi connectivity index (χ0) is 71.5. The number of ether oxygens (including phenoxy) is 10. The zero-order valence-corrected chi connectivity index (χ0v) is 55.8. The van der Waals surface area contributed by atoms with E-state index in [1.165, 1.54) is 63.9 Å². The van der Waals surface area contributed by atoms with Crippen LogP contribution in [-0.2, 0) is 66.5 Å². The Morgan fingerprint density at radius 3 is 1.60 bits per heavy atom. The van der Waals surface area contributed by atoms with Gasteiger partial charge in [0.1, 0.15) is 116 Å². The molecule has 0 aromatic heterocycles. The average Bonchev–Trinajstić information content (AvgIpc) is 0.759. The van der Waals surface area contributed by atoms with E-state index in [1.807, 2.05) is 13.0 Å². The van der Waals surface area contributed by atoms with E-state index in [4.69, 9.17) is 47.4 Å². The van der Waals surface area contributed by atoms with Gasteiger partial charge >= 0.3 is 0 Å². The summed E-state index contributed by atoms with van der Waals surface area (Å²) in [6.07, 6.45) is -24.5. The number of rotatable bonds is 42. The van der Waals surface area contributed by atoms with Crippen LogP contribution in [0, 0.1) is 0 Å². The highest BCUT2D eigenvalue weighted by atomic mass is 16.8. The van der Waals surface area contributed by atoms with E-state index in [-0.39, 0.29) is 12.7 Å². The van der Waals surface area contributed by atoms with Crippen LogP contribution < -0.4 is 16.0 Å². The summed E-state index contributed by atoms with van der Waals surface area (Å²) < 4.78 is 60.0. The van der Waals surface area contributed by atoms with Crippen LogP contribution in [0.15, 0.2) is 24.3 Å². The molecule has 0 saturated carbocycles. The highest BCUT2D eigenvalue weighted by Gasteiger charge is 2.60. The van der Waals surface area contributed by atoms with E-state index >= 15 is 0 Å². The lowest BCUT2D eigenvalue weighted by atomic mass is 9.88. The Morgan fingerprint density at radius 1 is 0.546 bits per heavy atom. The average molecular weight is 1400 g/mol. The molecule has 97 heavy (non-hydrogen) atoms. The van der Waals surface area contributed by atoms with Crippen LogP contribution >= 0.6 is 0 Å². The maximum Gasteiger partial charge on any atom is 0.229 e. The molecule has 0 aromatic carbocycles. The molecule has 14 unspecified atom stereocenters. The number of hydrogen-bond donors (Lipinski definition) is 19. The number of aliphatic hydroxyl groups excluding tert-OH is 16. The van der Waals surface area contributed by atoms with E-state index < -0.39 is 235 Å². The minimum absolute atomic E-state index is 0.0681. The van der Waals surface area contributed by atoms with Crippen molar-refractivity contribution < 1.29 is 148 Å². The molecule has 5 heterocycles. The summed E-state index contributed by atoms with van der Waals surface area (Å²) in [5.74, 6) is -5.04. The Morgan fingerprint density at radius 2 is 1.04 bits per heavy atom. The molecule has 5 aliphatic heterocycles. The lowest BCUT2D eigenvalue weighted by Crippen LogP contribution is -2.71. The monoisotopic (exact) mass is 1400 g/mol. The quantitative estimate of drug-likeness (QED) is 0.0155. The number of nitrogens with one attached hydrogen (secondary N) is 3. The Kier molecular flexibility index (Phi) is 37.2. The molecular formula is C64H111N3O30. The molecule has 5 aliphatic rings. The van der Waals surface area contributed by atoms with Crippen LogP contribution in [0.4, 0.5) is 0 Å². The number of carbonyl (C=O) groups is 4. The SMILES string of the molecule is CC/C=C\C=C\[C@@H](O)[C@H](CO[C@@H]1OC(CO)[C@@H](O[C@@H]2OC(CO)[C@H](O[C@@H]3OC(CO)[C@H](O)C(O[C@@H]4OC(CO)[C@H](O)C(O)C4O)C3NC(C)=O)C(O[C@]3(C=O)CC(O)[C@@H](NC(C)=O)C([C@H](O)[C@H](O)CO)O3)C2O)C(O)C1O)NC(=O)CCCCCCCCCCCCCCCCC. The predicted octanol–water partition coefficient (Wildman–Crippen LogP) is -4.66. The summed E-state index contributed by atoms with van der Waals surface area (Å²) in [5.41, 5.74) is 0. The number of unbranched alkanes of at least 4 members (excludes halogenated alkanes) is 14. The minimum Gasteiger partial charge on any atom is -0.394 e. The molecule has 0 aromatic rings. The number of amides is 3. The molecule has 0 bridgehead atoms. The van der Waals surface area contributed by atoms with Crippen molar-refractivity contribution in [3.8, 4) is 0 Å². The molecule has 5 rings (SSSR count). The first-order valence-electron chi connectivity index (χ1n) is 34.1. The Balaban J connectivity index is 1.40. The molecule has 19 N–H and O–H groups in total. The third kappa shape index (κ3) is 24.3. The number of allylic oxidation sites excluding steroid dienone is 3. The van der Waals surface area contributed by atoms with Gasteiger partial charge in [-0.15, -0.1) is 0 Å². The van der Waals surface area contributed by atoms with E-state index in [9.17, 15) is 101 Å². The standard InChI is InChI=1S/C64H111N3O30/c1-5-7-9-11-12-13-14-15-16-17-18-19-20-21-23-25-44(79)67-36(37(76)24-22-10-8-6-2)32-88-61-53(86)51(84)55(42(30-71)91-61)93-63-54(87)59(97-64(33-73)26-38(77)45(65-34(3)74)58(96-64)47(80)39(78)27-68)56(43(31-72)92-63)94-60-46(66-35(4)75)57(49(82)41(29-70)89-60)95-62-52(85)50(83)48(81)40(28-69)90-62/h8,10,22,24,33,36-43,45-63,68-72,76-78,80-87H,5-7,9,11-21,23,25-32H2,1-4H3,(H,65,74)(H,66,75)(H,67,79)/b10-8-,24-22+/t36-,37+,38?,39+,40?,41?,42?,43?,45+,46?,47+,48-,49-,50?,51?,52?,53?,54?,55+,56-,57?,58?,59?,60-,61+,62-,63-,64-/m0/s1. The van der Waals surface area contributed by atoms with Gasteiger partial charge in [-0.25, -0.2) is 0 Å². The van der Waals surface area contributed by atoms with Crippen molar-refractivity contribution in [2.45, 2.75) is 314 Å². The van der Waals surface area contributed by atoms with Gasteiger partial charge in [-0.3, -0.25) is 19.2 Å². The van der Waals surface area contributed by atoms with Gasteiger partial charge in [-0.2, -0.15) is 0 Å². The van der Waals surface area contributed by atoms with Crippen LogP contribution in [0.5, 0.6) is 0 Å². The highest BCUT2D eigenvalue weighted by Crippen LogP contribution is 2.40. The van der Waals surface area contributed by atoms with Crippen molar-refractivity contribution >= 4 is 24.0 Å². The molecule has 33 heteroatoms. The van der Waals surface area contributed by atoms with Crippen molar-refractivity contribution in [1.29, 1.82) is 0 Å². The van der Waals surface area contributed by atoms with Crippen LogP contribution in [0.3, 0.4) is 0 Å². The first kappa shape index (κ1) is 84.2. The van der Waals surface area contributed by atoms with E-state index in [2.05, 4.69) is 22.9 Å². The molecule has 0 radical (unpaired) electrons. The minimum atomic E-state index is -2.94. The van der Waals surface area contributed by atoms with E-state index in [0.29, 0.717) is 12.8 Å². The molecular weight excluding hydrogens is 1290 g/mol. The second-order valence-corrected chi connectivity index (χ2v) is 25.6. The fourth-order valence-corrected chi connectivity index (χ4v) is 12.5. The second kappa shape index (κ2) is 42.8. The van der Waals surface area contributed by atoms with Crippen LogP contribution in [0.2, 0.25) is 0 Å². The highest BCUT2D eigenvalue weighted by molar-refractivity contribution is 5.76. The van der Waals surface area contributed by atoms with Crippen molar-refractivity contribution in [2.24, 2.45) is 0 Å². The van der Waals surface area contributed by atoms with Crippen LogP contribution in [-0.4, -0.2) is 317 Å². The first-order valence-corrected chi connectivity index (χ1v) is 34.1. The number of aldehydes is 1. The largest absolute Gasteiger partial charge is 0.394 e. The maximum absolute atomic E-state index is 13.6. The fraction of sp³-hybridized carbons (Fsp3) is 0.875. The fourth-order valence-electron chi connectivity index (χ4n) is 12.5. The summed E-state index contributed by atoms with van der Waals surface area (Å²) in [6, 6.07) is -4.65. The molecule has 28 atom stereocenters. The summed E-state index contributed by atoms with van der Waals surface area (Å²) in [5, 5.41) is 184. The molecule has 5 saturated heterocycles. The van der Waals surface area contributed by atoms with E-state index in [0.717, 1.165) is 46.0 Å². The topological polar surface area (TPSA) is 520 Å².